The SMILES string of the molecule is O=C(C1CNC1)N1CCC(OCCc2ccccc2)CC1. The number of nitrogens with one attached hydrogen (secondary N) is 1. The van der Waals surface area contributed by atoms with Gasteiger partial charge in [0.1, 0.15) is 0 Å². The van der Waals surface area contributed by atoms with Gasteiger partial charge in [0.25, 0.3) is 0 Å². The van der Waals surface area contributed by atoms with Gasteiger partial charge in [0.15, 0.2) is 0 Å². The first kappa shape index (κ1) is 14.5. The number of hydrogen-bond donors (Lipinski definition) is 1. The van der Waals surface area contributed by atoms with Gasteiger partial charge in [-0.3, -0.25) is 4.79 Å². The van der Waals surface area contributed by atoms with Crippen molar-refractivity contribution in [1.29, 1.82) is 0 Å². The lowest BCUT2D eigenvalue weighted by Gasteiger charge is -2.36. The molecule has 0 radical (unpaired) electrons. The standard InChI is InChI=1S/C17H24N2O2/c20-17(15-12-18-13-15)19-9-6-16(7-10-19)21-11-8-14-4-2-1-3-5-14/h1-5,15-16,18H,6-13H2. The van der Waals surface area contributed by atoms with Crippen LogP contribution < -0.4 is 5.32 Å². The first-order chi connectivity index (χ1) is 10.3. The lowest BCUT2D eigenvalue weighted by atomic mass is 9.99. The van der Waals surface area contributed by atoms with Gasteiger partial charge in [-0.05, 0) is 24.8 Å². The van der Waals surface area contributed by atoms with E-state index in [1.165, 1.54) is 5.56 Å². The summed E-state index contributed by atoms with van der Waals surface area (Å²) in [5.41, 5.74) is 1.32. The Kier molecular flexibility index (Phi) is 4.88. The van der Waals surface area contributed by atoms with Crippen LogP contribution in [0.5, 0.6) is 0 Å². The highest BCUT2D eigenvalue weighted by Crippen LogP contribution is 2.17. The molecule has 2 fully saturated rings. The van der Waals surface area contributed by atoms with Crippen molar-refractivity contribution in [2.45, 2.75) is 25.4 Å². The minimum absolute atomic E-state index is 0.223. The molecule has 2 saturated heterocycles. The van der Waals surface area contributed by atoms with Gasteiger partial charge < -0.3 is 15.0 Å². The Hall–Kier alpha value is -1.39. The zero-order chi connectivity index (χ0) is 14.5. The smallest absolute Gasteiger partial charge is 0.228 e. The molecule has 0 bridgehead atoms. The van der Waals surface area contributed by atoms with Gasteiger partial charge in [-0.25, -0.2) is 0 Å². The molecule has 0 aliphatic carbocycles. The molecule has 21 heavy (non-hydrogen) atoms. The highest BCUT2D eigenvalue weighted by Gasteiger charge is 2.31. The van der Waals surface area contributed by atoms with E-state index in [-0.39, 0.29) is 5.92 Å². The fourth-order valence-electron chi connectivity index (χ4n) is 2.95. The number of benzene rings is 1. The summed E-state index contributed by atoms with van der Waals surface area (Å²) in [6.45, 7) is 4.19. The van der Waals surface area contributed by atoms with Gasteiger partial charge in [0, 0.05) is 26.2 Å². The Balaban J connectivity index is 1.35. The van der Waals surface area contributed by atoms with Crippen LogP contribution in [-0.4, -0.2) is 49.7 Å². The number of likely N-dealkylation sites (tertiary alicyclic amines) is 1. The van der Waals surface area contributed by atoms with Crippen molar-refractivity contribution in [1.82, 2.24) is 10.2 Å². The van der Waals surface area contributed by atoms with Crippen LogP contribution in [0.4, 0.5) is 0 Å². The van der Waals surface area contributed by atoms with Crippen LogP contribution in [0, 0.1) is 5.92 Å². The predicted molar refractivity (Wildman–Crippen MR) is 82.1 cm³/mol. The second-order valence-electron chi connectivity index (χ2n) is 5.99. The van der Waals surface area contributed by atoms with E-state index in [1.54, 1.807) is 0 Å². The third-order valence-electron chi connectivity index (χ3n) is 4.47. The van der Waals surface area contributed by atoms with Crippen LogP contribution >= 0.6 is 0 Å². The normalized spacial score (nSPS) is 20.3. The van der Waals surface area contributed by atoms with Crippen molar-refractivity contribution in [2.75, 3.05) is 32.8 Å². The molecule has 1 aromatic rings. The molecular formula is C17H24N2O2. The number of nitrogens with zero attached hydrogens (tertiary/aromatic N) is 1. The first-order valence-electron chi connectivity index (χ1n) is 7.98. The van der Waals surface area contributed by atoms with E-state index in [0.29, 0.717) is 12.0 Å². The number of rotatable bonds is 5. The zero-order valence-electron chi connectivity index (χ0n) is 12.5. The molecule has 2 heterocycles. The molecule has 1 aromatic carbocycles. The highest BCUT2D eigenvalue weighted by molar-refractivity contribution is 5.80. The van der Waals surface area contributed by atoms with Crippen LogP contribution in [0.2, 0.25) is 0 Å². The summed E-state index contributed by atoms with van der Waals surface area (Å²) in [5, 5.41) is 3.16. The molecule has 3 rings (SSSR count). The summed E-state index contributed by atoms with van der Waals surface area (Å²) < 4.78 is 5.97. The Morgan fingerprint density at radius 3 is 2.52 bits per heavy atom. The van der Waals surface area contributed by atoms with Gasteiger partial charge in [0.05, 0.1) is 18.6 Å². The first-order valence-corrected chi connectivity index (χ1v) is 7.98. The predicted octanol–water partition coefficient (Wildman–Crippen LogP) is 1.46. The minimum Gasteiger partial charge on any atom is -0.378 e. The van der Waals surface area contributed by atoms with E-state index in [9.17, 15) is 4.79 Å². The van der Waals surface area contributed by atoms with Crippen molar-refractivity contribution >= 4 is 5.91 Å². The lowest BCUT2D eigenvalue weighted by molar-refractivity contribution is -0.139. The molecule has 0 atom stereocenters. The van der Waals surface area contributed by atoms with Crippen molar-refractivity contribution < 1.29 is 9.53 Å². The van der Waals surface area contributed by atoms with Crippen LogP contribution in [0.15, 0.2) is 30.3 Å². The number of carbonyl (C=O) groups excluding carboxylic acids is 1. The highest BCUT2D eigenvalue weighted by atomic mass is 16.5. The average molecular weight is 288 g/mol. The van der Waals surface area contributed by atoms with E-state index in [0.717, 1.165) is 52.0 Å². The van der Waals surface area contributed by atoms with E-state index >= 15 is 0 Å². The van der Waals surface area contributed by atoms with Crippen LogP contribution in [0.1, 0.15) is 18.4 Å². The molecule has 2 aliphatic rings. The molecular weight excluding hydrogens is 264 g/mol. The molecule has 0 saturated carbocycles. The molecule has 0 aromatic heterocycles. The quantitative estimate of drug-likeness (QED) is 0.892. The number of amides is 1. The Bertz CT molecular complexity index is 451. The van der Waals surface area contributed by atoms with Gasteiger partial charge in [-0.2, -0.15) is 0 Å². The van der Waals surface area contributed by atoms with Gasteiger partial charge in [-0.15, -0.1) is 0 Å². The molecule has 4 heteroatoms. The van der Waals surface area contributed by atoms with Gasteiger partial charge in [-0.1, -0.05) is 30.3 Å². The minimum atomic E-state index is 0.223. The fraction of sp³-hybridized carbons (Fsp3) is 0.588. The monoisotopic (exact) mass is 288 g/mol. The third kappa shape index (κ3) is 3.83. The van der Waals surface area contributed by atoms with Gasteiger partial charge in [0.2, 0.25) is 5.91 Å². The van der Waals surface area contributed by atoms with Crippen LogP contribution in [-0.2, 0) is 16.0 Å². The average Bonchev–Trinajstić information content (AvgIpc) is 2.47. The third-order valence-corrected chi connectivity index (χ3v) is 4.47. The summed E-state index contributed by atoms with van der Waals surface area (Å²) in [5.74, 6) is 0.553. The second kappa shape index (κ2) is 7.05. The van der Waals surface area contributed by atoms with Crippen molar-refractivity contribution in [3.8, 4) is 0 Å². The Labute approximate surface area is 126 Å². The molecule has 114 valence electrons. The van der Waals surface area contributed by atoms with Gasteiger partial charge >= 0.3 is 0 Å². The maximum atomic E-state index is 12.1. The molecule has 1 N–H and O–H groups in total. The van der Waals surface area contributed by atoms with Crippen LogP contribution in [0.25, 0.3) is 0 Å². The topological polar surface area (TPSA) is 41.6 Å². The van der Waals surface area contributed by atoms with Crippen LogP contribution in [0.3, 0.4) is 0 Å². The summed E-state index contributed by atoms with van der Waals surface area (Å²) in [4.78, 5) is 14.1. The van der Waals surface area contributed by atoms with Crippen molar-refractivity contribution in [3.05, 3.63) is 35.9 Å². The Morgan fingerprint density at radius 1 is 1.19 bits per heavy atom. The number of hydrogen-bond acceptors (Lipinski definition) is 3. The summed E-state index contributed by atoms with van der Waals surface area (Å²) in [6.07, 6.45) is 3.23. The molecule has 0 spiro atoms. The Morgan fingerprint density at radius 2 is 1.90 bits per heavy atom. The summed E-state index contributed by atoms with van der Waals surface area (Å²) in [6, 6.07) is 10.4. The largest absolute Gasteiger partial charge is 0.378 e. The van der Waals surface area contributed by atoms with E-state index < -0.39 is 0 Å². The summed E-state index contributed by atoms with van der Waals surface area (Å²) in [7, 11) is 0. The number of ether oxygens (including phenoxy) is 1. The molecule has 4 nitrogen and oxygen atoms in total. The maximum Gasteiger partial charge on any atom is 0.228 e. The van der Waals surface area contributed by atoms with Crippen molar-refractivity contribution in [2.24, 2.45) is 5.92 Å². The number of piperidine rings is 1. The number of carbonyl (C=O) groups is 1. The molecule has 1 amide bonds. The van der Waals surface area contributed by atoms with Crippen molar-refractivity contribution in [3.63, 3.8) is 0 Å². The van der Waals surface area contributed by atoms with E-state index in [2.05, 4.69) is 29.6 Å². The molecule has 2 aliphatic heterocycles. The second-order valence-corrected chi connectivity index (χ2v) is 5.99. The maximum absolute atomic E-state index is 12.1. The van der Waals surface area contributed by atoms with E-state index in [1.807, 2.05) is 11.0 Å². The lowest BCUT2D eigenvalue weighted by Crippen LogP contribution is -2.53. The zero-order valence-corrected chi connectivity index (χ0v) is 12.5. The summed E-state index contributed by atoms with van der Waals surface area (Å²) >= 11 is 0. The van der Waals surface area contributed by atoms with E-state index in [4.69, 9.17) is 4.74 Å². The fourth-order valence-corrected chi connectivity index (χ4v) is 2.95. The molecule has 0 unspecified atom stereocenters.